The molecule has 0 aliphatic heterocycles. The summed E-state index contributed by atoms with van der Waals surface area (Å²) >= 11 is 3.47. The second-order valence-corrected chi connectivity index (χ2v) is 6.18. The van der Waals surface area contributed by atoms with Crippen LogP contribution in [0.4, 0.5) is 0 Å². The van der Waals surface area contributed by atoms with E-state index >= 15 is 0 Å². The highest BCUT2D eigenvalue weighted by Gasteiger charge is 2.12. The summed E-state index contributed by atoms with van der Waals surface area (Å²) in [6.45, 7) is 2.62. The van der Waals surface area contributed by atoms with Crippen molar-refractivity contribution in [2.75, 3.05) is 13.7 Å². The van der Waals surface area contributed by atoms with Crippen LogP contribution in [0.2, 0.25) is 0 Å². The topological polar surface area (TPSA) is 58.6 Å². The largest absolute Gasteiger partial charge is 0.465 e. The lowest BCUT2D eigenvalue weighted by atomic mass is 10.1. The van der Waals surface area contributed by atoms with Gasteiger partial charge in [0, 0.05) is 11.0 Å². The normalized spacial score (nSPS) is 12.0. The van der Waals surface area contributed by atoms with Crippen molar-refractivity contribution in [1.29, 1.82) is 0 Å². The van der Waals surface area contributed by atoms with Crippen molar-refractivity contribution in [3.63, 3.8) is 0 Å². The van der Waals surface area contributed by atoms with Crippen LogP contribution in [0.1, 0.15) is 33.1 Å². The molecule has 0 saturated carbocycles. The lowest BCUT2D eigenvalue weighted by molar-refractivity contribution is 0.0600. The van der Waals surface area contributed by atoms with E-state index in [0.717, 1.165) is 15.6 Å². The van der Waals surface area contributed by atoms with Crippen molar-refractivity contribution in [3.05, 3.63) is 69.2 Å². The molecule has 2 aromatic rings. The van der Waals surface area contributed by atoms with Gasteiger partial charge in [0.1, 0.15) is 0 Å². The first kappa shape index (κ1) is 17.7. The van der Waals surface area contributed by atoms with Crippen LogP contribution >= 0.6 is 15.9 Å². The first-order valence-electron chi connectivity index (χ1n) is 7.32. The Hall–Kier alpha value is -1.69. The maximum atomic E-state index is 11.5. The summed E-state index contributed by atoms with van der Waals surface area (Å²) in [6.07, 6.45) is 0. The van der Waals surface area contributed by atoms with Gasteiger partial charge in [-0.25, -0.2) is 4.79 Å². The molecule has 0 bridgehead atoms. The quantitative estimate of drug-likeness (QED) is 0.757. The Morgan fingerprint density at radius 1 is 1.26 bits per heavy atom. The van der Waals surface area contributed by atoms with Crippen LogP contribution < -0.4 is 5.32 Å². The number of carbonyl (C=O) groups is 1. The average Bonchev–Trinajstić information content (AvgIpc) is 2.57. The van der Waals surface area contributed by atoms with Crippen molar-refractivity contribution in [2.45, 2.75) is 19.5 Å². The maximum absolute atomic E-state index is 11.5. The van der Waals surface area contributed by atoms with Crippen molar-refractivity contribution in [3.8, 4) is 0 Å². The van der Waals surface area contributed by atoms with E-state index in [1.165, 1.54) is 12.7 Å². The Labute approximate surface area is 144 Å². The van der Waals surface area contributed by atoms with Gasteiger partial charge in [0.25, 0.3) is 0 Å². The number of benzene rings is 2. The van der Waals surface area contributed by atoms with Gasteiger partial charge in [0.2, 0.25) is 0 Å². The standard InChI is InChI=1S/C18H20BrNO3/c1-12-3-5-13(6-4-12)17(11-21)20-10-15-8-7-14(9-16(15)19)18(22)23-2/h3-9,17,20-21H,10-11H2,1-2H3. The van der Waals surface area contributed by atoms with Gasteiger partial charge in [0.15, 0.2) is 0 Å². The van der Waals surface area contributed by atoms with Gasteiger partial charge < -0.3 is 15.2 Å². The fourth-order valence-corrected chi connectivity index (χ4v) is 2.77. The van der Waals surface area contributed by atoms with Gasteiger partial charge in [-0.2, -0.15) is 0 Å². The van der Waals surface area contributed by atoms with Gasteiger partial charge in [-0.1, -0.05) is 51.8 Å². The minimum absolute atomic E-state index is 0.0148. The Morgan fingerprint density at radius 2 is 1.96 bits per heavy atom. The molecule has 122 valence electrons. The number of carbonyl (C=O) groups excluding carboxylic acids is 1. The predicted octanol–water partition coefficient (Wildman–Crippen LogP) is 3.37. The molecule has 0 aliphatic rings. The number of halogens is 1. The molecular weight excluding hydrogens is 358 g/mol. The SMILES string of the molecule is COC(=O)c1ccc(CNC(CO)c2ccc(C)cc2)c(Br)c1. The molecule has 1 atom stereocenters. The van der Waals surface area contributed by atoms with E-state index in [4.69, 9.17) is 4.74 Å². The van der Waals surface area contributed by atoms with Crippen LogP contribution in [0.3, 0.4) is 0 Å². The van der Waals surface area contributed by atoms with Crippen molar-refractivity contribution in [1.82, 2.24) is 5.32 Å². The van der Waals surface area contributed by atoms with E-state index in [0.29, 0.717) is 12.1 Å². The molecule has 4 nitrogen and oxygen atoms in total. The molecule has 0 fully saturated rings. The van der Waals surface area contributed by atoms with Crippen molar-refractivity contribution < 1.29 is 14.6 Å². The first-order valence-corrected chi connectivity index (χ1v) is 8.12. The maximum Gasteiger partial charge on any atom is 0.337 e. The van der Waals surface area contributed by atoms with Crippen LogP contribution in [-0.2, 0) is 11.3 Å². The number of hydrogen-bond acceptors (Lipinski definition) is 4. The van der Waals surface area contributed by atoms with Gasteiger partial charge in [-0.05, 0) is 30.2 Å². The van der Waals surface area contributed by atoms with Crippen LogP contribution in [0.25, 0.3) is 0 Å². The number of methoxy groups -OCH3 is 1. The number of esters is 1. The van der Waals surface area contributed by atoms with E-state index in [2.05, 4.69) is 21.2 Å². The fraction of sp³-hybridized carbons (Fsp3) is 0.278. The number of hydrogen-bond donors (Lipinski definition) is 2. The smallest absolute Gasteiger partial charge is 0.337 e. The second kappa shape index (κ2) is 8.24. The molecule has 0 aliphatic carbocycles. The number of nitrogens with one attached hydrogen (secondary N) is 1. The third-order valence-corrected chi connectivity index (χ3v) is 4.41. The molecule has 2 rings (SSSR count). The molecule has 0 heterocycles. The summed E-state index contributed by atoms with van der Waals surface area (Å²) in [5.74, 6) is -0.363. The minimum Gasteiger partial charge on any atom is -0.465 e. The van der Waals surface area contributed by atoms with Crippen LogP contribution in [0, 0.1) is 6.92 Å². The monoisotopic (exact) mass is 377 g/mol. The summed E-state index contributed by atoms with van der Waals surface area (Å²) in [5.41, 5.74) is 3.73. The summed E-state index contributed by atoms with van der Waals surface area (Å²) in [4.78, 5) is 11.5. The van der Waals surface area contributed by atoms with Crippen molar-refractivity contribution in [2.24, 2.45) is 0 Å². The van der Waals surface area contributed by atoms with E-state index in [1.54, 1.807) is 12.1 Å². The fourth-order valence-electron chi connectivity index (χ4n) is 2.26. The third kappa shape index (κ3) is 4.64. The van der Waals surface area contributed by atoms with E-state index in [-0.39, 0.29) is 18.6 Å². The summed E-state index contributed by atoms with van der Waals surface area (Å²) in [5, 5.41) is 12.9. The minimum atomic E-state index is -0.363. The Balaban J connectivity index is 2.06. The van der Waals surface area contributed by atoms with Gasteiger partial charge in [0.05, 0.1) is 25.3 Å². The number of rotatable bonds is 6. The summed E-state index contributed by atoms with van der Waals surface area (Å²) in [7, 11) is 1.36. The highest BCUT2D eigenvalue weighted by atomic mass is 79.9. The molecule has 2 aromatic carbocycles. The Morgan fingerprint density at radius 3 is 2.52 bits per heavy atom. The molecular formula is C18H20BrNO3. The molecule has 2 N–H and O–H groups in total. The number of aliphatic hydroxyl groups excluding tert-OH is 1. The van der Waals surface area contributed by atoms with Gasteiger partial charge in [-0.15, -0.1) is 0 Å². The molecule has 1 unspecified atom stereocenters. The zero-order valence-corrected chi connectivity index (χ0v) is 14.8. The average molecular weight is 378 g/mol. The van der Waals surface area contributed by atoms with Crippen LogP contribution in [0.5, 0.6) is 0 Å². The van der Waals surface area contributed by atoms with E-state index in [1.807, 2.05) is 37.3 Å². The molecule has 0 saturated heterocycles. The molecule has 23 heavy (non-hydrogen) atoms. The third-order valence-electron chi connectivity index (χ3n) is 3.68. The summed E-state index contributed by atoms with van der Waals surface area (Å²) < 4.78 is 5.53. The molecule has 0 amide bonds. The zero-order valence-electron chi connectivity index (χ0n) is 13.2. The van der Waals surface area contributed by atoms with Gasteiger partial charge in [-0.3, -0.25) is 0 Å². The molecule has 0 radical (unpaired) electrons. The Kier molecular flexibility index (Phi) is 6.33. The summed E-state index contributed by atoms with van der Waals surface area (Å²) in [6, 6.07) is 13.3. The Bertz CT molecular complexity index is 670. The zero-order chi connectivity index (χ0) is 16.8. The molecule has 0 spiro atoms. The highest BCUT2D eigenvalue weighted by Crippen LogP contribution is 2.21. The van der Waals surface area contributed by atoms with E-state index in [9.17, 15) is 9.90 Å². The lowest BCUT2D eigenvalue weighted by Crippen LogP contribution is -2.24. The predicted molar refractivity (Wildman–Crippen MR) is 93.3 cm³/mol. The van der Waals surface area contributed by atoms with Crippen molar-refractivity contribution >= 4 is 21.9 Å². The van der Waals surface area contributed by atoms with Gasteiger partial charge >= 0.3 is 5.97 Å². The number of aliphatic hydroxyl groups is 1. The second-order valence-electron chi connectivity index (χ2n) is 5.32. The van der Waals surface area contributed by atoms with Crippen LogP contribution in [-0.4, -0.2) is 24.8 Å². The number of ether oxygens (including phenoxy) is 1. The first-order chi connectivity index (χ1) is 11.0. The number of aryl methyl sites for hydroxylation is 1. The lowest BCUT2D eigenvalue weighted by Gasteiger charge is -2.18. The van der Waals surface area contributed by atoms with E-state index < -0.39 is 0 Å². The highest BCUT2D eigenvalue weighted by molar-refractivity contribution is 9.10. The molecule has 5 heteroatoms. The molecule has 0 aromatic heterocycles. The van der Waals surface area contributed by atoms with Crippen LogP contribution in [0.15, 0.2) is 46.9 Å².